The molecule has 8 heteroatoms. The van der Waals surface area contributed by atoms with E-state index in [0.29, 0.717) is 28.6 Å². The molecule has 1 N–H and O–H groups in total. The van der Waals surface area contributed by atoms with Crippen LogP contribution in [-0.2, 0) is 14.3 Å². The number of benzene rings is 2. The highest BCUT2D eigenvalue weighted by Crippen LogP contribution is 2.24. The number of rotatable bonds is 6. The zero-order valence-electron chi connectivity index (χ0n) is 15.2. The van der Waals surface area contributed by atoms with Crippen LogP contribution in [0.15, 0.2) is 48.5 Å². The average molecular weight is 419 g/mol. The van der Waals surface area contributed by atoms with Gasteiger partial charge < -0.3 is 15.0 Å². The Kier molecular flexibility index (Phi) is 6.59. The van der Waals surface area contributed by atoms with Gasteiger partial charge in [-0.2, -0.15) is 0 Å². The number of carbonyl (C=O) groups is 3. The average Bonchev–Trinajstić information content (AvgIpc) is 3.08. The molecule has 1 aliphatic rings. The molecule has 1 saturated heterocycles. The zero-order chi connectivity index (χ0) is 20.1. The first-order chi connectivity index (χ1) is 13.4. The lowest BCUT2D eigenvalue weighted by Gasteiger charge is -2.20. The number of ether oxygens (including phenoxy) is 1. The predicted octanol–water partition coefficient (Wildman–Crippen LogP) is 4.04. The van der Waals surface area contributed by atoms with Crippen LogP contribution in [0.2, 0.25) is 5.02 Å². The van der Waals surface area contributed by atoms with Gasteiger partial charge in [0.1, 0.15) is 6.54 Å². The van der Waals surface area contributed by atoms with Crippen molar-refractivity contribution in [2.24, 2.45) is 0 Å². The summed E-state index contributed by atoms with van der Waals surface area (Å²) in [6.45, 7) is 2.17. The van der Waals surface area contributed by atoms with E-state index in [1.54, 1.807) is 48.5 Å². The first-order valence-electron chi connectivity index (χ1n) is 8.67. The van der Waals surface area contributed by atoms with Gasteiger partial charge in [-0.05, 0) is 24.6 Å². The molecule has 0 radical (unpaired) electrons. The number of hydrogen-bond acceptors (Lipinski definition) is 5. The lowest BCUT2D eigenvalue weighted by Crippen LogP contribution is -2.34. The molecule has 0 aliphatic carbocycles. The van der Waals surface area contributed by atoms with Gasteiger partial charge in [0.25, 0.3) is 11.1 Å². The number of halogens is 1. The van der Waals surface area contributed by atoms with Gasteiger partial charge in [-0.25, -0.2) is 0 Å². The van der Waals surface area contributed by atoms with E-state index < -0.39 is 18.0 Å². The molecule has 3 rings (SSSR count). The van der Waals surface area contributed by atoms with E-state index in [9.17, 15) is 14.4 Å². The quantitative estimate of drug-likeness (QED) is 0.716. The van der Waals surface area contributed by atoms with Crippen molar-refractivity contribution < 1.29 is 19.1 Å². The van der Waals surface area contributed by atoms with Gasteiger partial charge in [-0.3, -0.25) is 14.4 Å². The van der Waals surface area contributed by atoms with Crippen molar-refractivity contribution in [3.63, 3.8) is 0 Å². The molecule has 0 bridgehead atoms. The van der Waals surface area contributed by atoms with E-state index in [4.69, 9.17) is 16.3 Å². The molecule has 2 aromatic carbocycles. The number of amides is 2. The molecule has 1 atom stereocenters. The Morgan fingerprint density at radius 1 is 1.25 bits per heavy atom. The van der Waals surface area contributed by atoms with Gasteiger partial charge >= 0.3 is 5.97 Å². The second-order valence-corrected chi connectivity index (χ2v) is 7.72. The van der Waals surface area contributed by atoms with Crippen molar-refractivity contribution in [1.82, 2.24) is 4.90 Å². The molecule has 146 valence electrons. The van der Waals surface area contributed by atoms with Crippen LogP contribution in [0.25, 0.3) is 0 Å². The number of carbonyl (C=O) groups excluding carboxylic acids is 3. The fourth-order valence-corrected chi connectivity index (χ4v) is 3.68. The first kappa shape index (κ1) is 20.2. The summed E-state index contributed by atoms with van der Waals surface area (Å²) in [6.07, 6.45) is -1.14. The van der Waals surface area contributed by atoms with Crippen molar-refractivity contribution >= 4 is 46.2 Å². The Hall–Kier alpha value is -2.51. The zero-order valence-corrected chi connectivity index (χ0v) is 16.8. The van der Waals surface area contributed by atoms with Crippen LogP contribution in [-0.4, -0.2) is 40.9 Å². The highest BCUT2D eigenvalue weighted by atomic mass is 35.5. The van der Waals surface area contributed by atoms with Crippen molar-refractivity contribution in [3.05, 3.63) is 64.7 Å². The van der Waals surface area contributed by atoms with Crippen molar-refractivity contribution in [3.8, 4) is 0 Å². The van der Waals surface area contributed by atoms with E-state index >= 15 is 0 Å². The van der Waals surface area contributed by atoms with Gasteiger partial charge in [0.05, 0.1) is 0 Å². The summed E-state index contributed by atoms with van der Waals surface area (Å²) in [5.41, 5.74) is 1.93. The fraction of sp³-hybridized carbons (Fsp3) is 0.250. The van der Waals surface area contributed by atoms with Crippen LogP contribution in [0.3, 0.4) is 0 Å². The van der Waals surface area contributed by atoms with Crippen molar-refractivity contribution in [1.29, 1.82) is 0 Å². The van der Waals surface area contributed by atoms with Gasteiger partial charge in [0.2, 0.25) is 6.10 Å². The smallest absolute Gasteiger partial charge is 0.326 e. The Bertz CT molecular complexity index is 891. The van der Waals surface area contributed by atoms with Gasteiger partial charge in [-0.1, -0.05) is 59.8 Å². The molecule has 6 nitrogen and oxygen atoms in total. The second-order valence-electron chi connectivity index (χ2n) is 6.27. The van der Waals surface area contributed by atoms with Crippen LogP contribution in [0.4, 0.5) is 10.5 Å². The number of hydrogen-bond donors (Lipinski definition) is 1. The maximum Gasteiger partial charge on any atom is 0.326 e. The monoisotopic (exact) mass is 418 g/mol. The summed E-state index contributed by atoms with van der Waals surface area (Å²) in [5, 5.41) is 3.10. The summed E-state index contributed by atoms with van der Waals surface area (Å²) >= 11 is 7.27. The highest BCUT2D eigenvalue weighted by molar-refractivity contribution is 8.13. The molecule has 1 aliphatic heterocycles. The maximum atomic E-state index is 12.8. The maximum absolute atomic E-state index is 12.8. The second kappa shape index (κ2) is 9.12. The Morgan fingerprint density at radius 2 is 2.00 bits per heavy atom. The van der Waals surface area contributed by atoms with Crippen LogP contribution in [0.1, 0.15) is 17.2 Å². The number of esters is 1. The summed E-state index contributed by atoms with van der Waals surface area (Å²) in [7, 11) is 0. The van der Waals surface area contributed by atoms with Crippen LogP contribution >= 0.6 is 23.4 Å². The molecule has 1 fully saturated rings. The van der Waals surface area contributed by atoms with E-state index in [1.807, 2.05) is 6.92 Å². The minimum Gasteiger partial charge on any atom is -0.446 e. The Morgan fingerprint density at radius 3 is 2.64 bits per heavy atom. The summed E-state index contributed by atoms with van der Waals surface area (Å²) < 4.78 is 5.45. The van der Waals surface area contributed by atoms with Crippen LogP contribution in [0.5, 0.6) is 0 Å². The number of aryl methyl sites for hydroxylation is 1. The number of anilines is 1. The molecule has 1 heterocycles. The molecule has 2 aromatic rings. The van der Waals surface area contributed by atoms with Gasteiger partial charge in [0, 0.05) is 28.6 Å². The third-order valence-corrected chi connectivity index (χ3v) is 5.49. The minimum absolute atomic E-state index is 0.160. The van der Waals surface area contributed by atoms with Crippen LogP contribution in [0, 0.1) is 6.92 Å². The molecule has 0 spiro atoms. The van der Waals surface area contributed by atoms with Gasteiger partial charge in [0.15, 0.2) is 0 Å². The number of nitrogens with zero attached hydrogens (tertiary/aromatic N) is 1. The molecular weight excluding hydrogens is 400 g/mol. The standard InChI is InChI=1S/C20H19ClN2O4S/c1-13-7-8-15(11-16(13)21)22-19(25)18(14-5-3-2-4-6-14)27-17(24)12-23-9-10-28-20(23)26/h2-8,11,18H,9-10,12H2,1H3,(H,22,25)/t18-/m0/s1. The number of thioether (sulfide) groups is 1. The highest BCUT2D eigenvalue weighted by Gasteiger charge is 2.29. The molecule has 0 unspecified atom stereocenters. The molecule has 0 saturated carbocycles. The van der Waals surface area contributed by atoms with E-state index in [0.717, 1.165) is 17.3 Å². The Labute approximate surface area is 172 Å². The molecule has 2 amide bonds. The van der Waals surface area contributed by atoms with Crippen molar-refractivity contribution in [2.75, 3.05) is 24.2 Å². The van der Waals surface area contributed by atoms with Gasteiger partial charge in [-0.15, -0.1) is 0 Å². The largest absolute Gasteiger partial charge is 0.446 e. The summed E-state index contributed by atoms with van der Waals surface area (Å²) in [4.78, 5) is 38.3. The molecule has 0 aromatic heterocycles. The molecule has 28 heavy (non-hydrogen) atoms. The normalized spacial score (nSPS) is 14.6. The lowest BCUT2D eigenvalue weighted by molar-refractivity contribution is -0.155. The lowest BCUT2D eigenvalue weighted by atomic mass is 10.1. The van der Waals surface area contributed by atoms with E-state index in [1.165, 1.54) is 4.90 Å². The molecular formula is C20H19ClN2O4S. The predicted molar refractivity (Wildman–Crippen MR) is 110 cm³/mol. The third-order valence-electron chi connectivity index (χ3n) is 4.19. The van der Waals surface area contributed by atoms with Crippen LogP contribution < -0.4 is 5.32 Å². The summed E-state index contributed by atoms with van der Waals surface area (Å²) in [5.74, 6) is -0.494. The topological polar surface area (TPSA) is 75.7 Å². The summed E-state index contributed by atoms with van der Waals surface area (Å²) in [6, 6.07) is 13.9. The van der Waals surface area contributed by atoms with Crippen molar-refractivity contribution in [2.45, 2.75) is 13.0 Å². The minimum atomic E-state index is -1.14. The fourth-order valence-electron chi connectivity index (χ4n) is 2.67. The SMILES string of the molecule is Cc1ccc(NC(=O)[C@@H](OC(=O)CN2CCSC2=O)c2ccccc2)cc1Cl. The first-order valence-corrected chi connectivity index (χ1v) is 10.0. The van der Waals surface area contributed by atoms with E-state index in [-0.39, 0.29) is 11.8 Å². The Balaban J connectivity index is 1.74. The number of nitrogens with one attached hydrogen (secondary N) is 1. The van der Waals surface area contributed by atoms with E-state index in [2.05, 4.69) is 5.32 Å². The third kappa shape index (κ3) is 5.05.